The molecule has 0 aromatic heterocycles. The highest BCUT2D eigenvalue weighted by Gasteiger charge is 2.02. The second-order valence-electron chi connectivity index (χ2n) is 2.29. The average molecular weight is 202 g/mol. The zero-order valence-electron chi connectivity index (χ0n) is 7.10. The summed E-state index contributed by atoms with van der Waals surface area (Å²) in [7, 11) is 1.54. The van der Waals surface area contributed by atoms with E-state index < -0.39 is 11.4 Å². The summed E-state index contributed by atoms with van der Waals surface area (Å²) in [6, 6.07) is 7.16. The Balaban J connectivity index is 2.69. The lowest BCUT2D eigenvalue weighted by atomic mass is 10.2. The van der Waals surface area contributed by atoms with Crippen molar-refractivity contribution in [2.45, 2.75) is 6.61 Å². The molecule has 0 saturated heterocycles. The number of hydrogen-bond donors (Lipinski definition) is 1. The van der Waals surface area contributed by atoms with Crippen LogP contribution in [0.3, 0.4) is 0 Å². The topological polar surface area (TPSA) is 55.8 Å². The van der Waals surface area contributed by atoms with Crippen molar-refractivity contribution in [3.63, 3.8) is 0 Å². The molecule has 1 aromatic carbocycles. The first-order valence-corrected chi connectivity index (χ1v) is 4.63. The molecule has 0 spiro atoms. The van der Waals surface area contributed by atoms with Crippen LogP contribution in [-0.4, -0.2) is 15.9 Å². The minimum atomic E-state index is -2.23. The van der Waals surface area contributed by atoms with Gasteiger partial charge in [-0.25, -0.2) is 0 Å². The van der Waals surface area contributed by atoms with Gasteiger partial charge in [-0.3, -0.25) is 8.74 Å². The summed E-state index contributed by atoms with van der Waals surface area (Å²) in [5.74, 6) is 0.646. The van der Waals surface area contributed by atoms with Crippen LogP contribution in [0.15, 0.2) is 24.3 Å². The number of benzene rings is 1. The molecular formula is C8H10O4S. The lowest BCUT2D eigenvalue weighted by molar-refractivity contribution is 0.289. The Hall–Kier alpha value is -0.910. The molecule has 1 aromatic rings. The van der Waals surface area contributed by atoms with Crippen LogP contribution in [0.2, 0.25) is 0 Å². The van der Waals surface area contributed by atoms with Crippen molar-refractivity contribution >= 4 is 11.4 Å². The van der Waals surface area contributed by atoms with Crippen molar-refractivity contribution in [1.29, 1.82) is 0 Å². The molecule has 13 heavy (non-hydrogen) atoms. The molecule has 0 radical (unpaired) electrons. The van der Waals surface area contributed by atoms with Crippen LogP contribution >= 0.6 is 0 Å². The van der Waals surface area contributed by atoms with E-state index in [1.807, 2.05) is 12.1 Å². The highest BCUT2D eigenvalue weighted by Crippen LogP contribution is 2.17. The van der Waals surface area contributed by atoms with Crippen LogP contribution in [-0.2, 0) is 22.2 Å². The second kappa shape index (κ2) is 4.96. The SMILES string of the molecule is COc1ccccc1COS(=O)O. The van der Waals surface area contributed by atoms with Gasteiger partial charge in [-0.2, -0.15) is 4.21 Å². The molecule has 0 aliphatic rings. The molecule has 1 atom stereocenters. The van der Waals surface area contributed by atoms with Crippen molar-refractivity contribution in [1.82, 2.24) is 0 Å². The maximum absolute atomic E-state index is 10.2. The summed E-state index contributed by atoms with van der Waals surface area (Å²) in [5, 5.41) is 0. The first-order chi connectivity index (χ1) is 6.24. The van der Waals surface area contributed by atoms with Crippen LogP contribution in [0.25, 0.3) is 0 Å². The number of rotatable bonds is 4. The summed E-state index contributed by atoms with van der Waals surface area (Å²) in [5.41, 5.74) is 0.743. The van der Waals surface area contributed by atoms with Crippen LogP contribution in [0.4, 0.5) is 0 Å². The third-order valence-electron chi connectivity index (χ3n) is 1.51. The molecule has 0 fully saturated rings. The van der Waals surface area contributed by atoms with E-state index in [2.05, 4.69) is 4.18 Å². The highest BCUT2D eigenvalue weighted by atomic mass is 32.2. The van der Waals surface area contributed by atoms with Crippen molar-refractivity contribution in [3.05, 3.63) is 29.8 Å². The first-order valence-electron chi connectivity index (χ1n) is 3.60. The monoisotopic (exact) mass is 202 g/mol. The van der Waals surface area contributed by atoms with Gasteiger partial charge in [0.1, 0.15) is 5.75 Å². The predicted molar refractivity (Wildman–Crippen MR) is 48.6 cm³/mol. The summed E-state index contributed by atoms with van der Waals surface area (Å²) in [4.78, 5) is 0. The Morgan fingerprint density at radius 1 is 1.46 bits per heavy atom. The Bertz CT molecular complexity index is 300. The van der Waals surface area contributed by atoms with Gasteiger partial charge >= 0.3 is 11.4 Å². The second-order valence-corrected chi connectivity index (χ2v) is 2.96. The Labute approximate surface area is 79.0 Å². The molecule has 0 amide bonds. The van der Waals surface area contributed by atoms with Gasteiger partial charge in [0.25, 0.3) is 0 Å². The largest absolute Gasteiger partial charge is 0.496 e. The fourth-order valence-corrected chi connectivity index (χ4v) is 1.16. The Morgan fingerprint density at radius 2 is 2.15 bits per heavy atom. The Morgan fingerprint density at radius 3 is 2.77 bits per heavy atom. The average Bonchev–Trinajstić information content (AvgIpc) is 2.15. The minimum absolute atomic E-state index is 0.0626. The van der Waals surface area contributed by atoms with Crippen molar-refractivity contribution < 1.29 is 17.7 Å². The first kappa shape index (κ1) is 10.2. The van der Waals surface area contributed by atoms with Gasteiger partial charge < -0.3 is 4.74 Å². The molecule has 4 nitrogen and oxygen atoms in total. The van der Waals surface area contributed by atoms with E-state index in [1.165, 1.54) is 7.11 Å². The number of para-hydroxylation sites is 1. The summed E-state index contributed by atoms with van der Waals surface area (Å²) in [6.07, 6.45) is 0. The molecule has 0 heterocycles. The maximum atomic E-state index is 10.2. The molecule has 5 heteroatoms. The number of hydrogen-bond acceptors (Lipinski definition) is 3. The van der Waals surface area contributed by atoms with Gasteiger partial charge in [0.15, 0.2) is 0 Å². The van der Waals surface area contributed by atoms with Crippen LogP contribution in [0.5, 0.6) is 5.75 Å². The molecule has 72 valence electrons. The molecule has 0 aliphatic carbocycles. The third-order valence-corrected chi connectivity index (χ3v) is 1.83. The van der Waals surface area contributed by atoms with Crippen molar-refractivity contribution in [2.24, 2.45) is 0 Å². The van der Waals surface area contributed by atoms with Gasteiger partial charge in [0, 0.05) is 5.56 Å². The zero-order chi connectivity index (χ0) is 9.68. The zero-order valence-corrected chi connectivity index (χ0v) is 7.91. The molecule has 1 unspecified atom stereocenters. The van der Waals surface area contributed by atoms with E-state index >= 15 is 0 Å². The van der Waals surface area contributed by atoms with E-state index in [1.54, 1.807) is 12.1 Å². The van der Waals surface area contributed by atoms with Gasteiger partial charge in [-0.1, -0.05) is 18.2 Å². The summed E-state index contributed by atoms with van der Waals surface area (Å²) >= 11 is -2.23. The van der Waals surface area contributed by atoms with Crippen LogP contribution in [0.1, 0.15) is 5.56 Å². The molecule has 1 rings (SSSR count). The van der Waals surface area contributed by atoms with Gasteiger partial charge in [-0.15, -0.1) is 0 Å². The normalized spacial score (nSPS) is 12.5. The quantitative estimate of drug-likeness (QED) is 0.749. The molecule has 0 aliphatic heterocycles. The Kier molecular flexibility index (Phi) is 3.88. The smallest absolute Gasteiger partial charge is 0.302 e. The molecule has 0 saturated carbocycles. The molecule has 1 N–H and O–H groups in total. The lowest BCUT2D eigenvalue weighted by Gasteiger charge is -2.05. The van der Waals surface area contributed by atoms with Crippen LogP contribution < -0.4 is 4.74 Å². The van der Waals surface area contributed by atoms with E-state index in [0.29, 0.717) is 5.75 Å². The van der Waals surface area contributed by atoms with E-state index in [0.717, 1.165) is 5.56 Å². The minimum Gasteiger partial charge on any atom is -0.496 e. The maximum Gasteiger partial charge on any atom is 0.302 e. The summed E-state index contributed by atoms with van der Waals surface area (Å²) in [6.45, 7) is 0.0626. The third kappa shape index (κ3) is 3.14. The number of methoxy groups -OCH3 is 1. The molecular weight excluding hydrogens is 192 g/mol. The van der Waals surface area contributed by atoms with Crippen molar-refractivity contribution in [2.75, 3.05) is 7.11 Å². The number of ether oxygens (including phenoxy) is 1. The molecule has 0 bridgehead atoms. The fourth-order valence-electron chi connectivity index (χ4n) is 0.936. The lowest BCUT2D eigenvalue weighted by Crippen LogP contribution is -1.98. The standard InChI is InChI=1S/C8H10O4S/c1-11-8-5-3-2-4-7(8)6-12-13(9)10/h2-5H,6H2,1H3,(H,9,10). The van der Waals surface area contributed by atoms with Crippen LogP contribution in [0, 0.1) is 0 Å². The van der Waals surface area contributed by atoms with E-state index in [9.17, 15) is 4.21 Å². The fraction of sp³-hybridized carbons (Fsp3) is 0.250. The van der Waals surface area contributed by atoms with Gasteiger partial charge in [0.05, 0.1) is 13.7 Å². The summed E-state index contributed by atoms with van der Waals surface area (Å²) < 4.78 is 28.1. The van der Waals surface area contributed by atoms with Gasteiger partial charge in [-0.05, 0) is 6.07 Å². The van der Waals surface area contributed by atoms with Crippen molar-refractivity contribution in [3.8, 4) is 5.75 Å². The van der Waals surface area contributed by atoms with Gasteiger partial charge in [0.2, 0.25) is 0 Å². The van der Waals surface area contributed by atoms with E-state index in [4.69, 9.17) is 9.29 Å². The predicted octanol–water partition coefficient (Wildman–Crippen LogP) is 1.35. The van der Waals surface area contributed by atoms with E-state index in [-0.39, 0.29) is 6.61 Å². The highest BCUT2D eigenvalue weighted by molar-refractivity contribution is 7.74.